The van der Waals surface area contributed by atoms with E-state index in [1.54, 1.807) is 17.4 Å². The Morgan fingerprint density at radius 2 is 2.26 bits per heavy atom. The second kappa shape index (κ2) is 7.78. The summed E-state index contributed by atoms with van der Waals surface area (Å²) in [5.41, 5.74) is 1.52. The first-order chi connectivity index (χ1) is 13.1. The molecule has 0 aliphatic carbocycles. The van der Waals surface area contributed by atoms with E-state index in [0.717, 1.165) is 36.6 Å². The van der Waals surface area contributed by atoms with Crippen LogP contribution in [0.5, 0.6) is 0 Å². The number of piperidine rings is 1. The fourth-order valence-electron chi connectivity index (χ4n) is 3.70. The van der Waals surface area contributed by atoms with Crippen LogP contribution in [-0.4, -0.2) is 51.3 Å². The predicted octanol–water partition coefficient (Wildman–Crippen LogP) is 3.20. The molecule has 0 saturated carbocycles. The molecule has 1 fully saturated rings. The van der Waals surface area contributed by atoms with Gasteiger partial charge in [-0.1, -0.05) is 18.2 Å². The molecule has 5 nitrogen and oxygen atoms in total. The van der Waals surface area contributed by atoms with Crippen molar-refractivity contribution < 1.29 is 9.18 Å². The number of hydrogen-bond acceptors (Lipinski definition) is 4. The van der Waals surface area contributed by atoms with Crippen molar-refractivity contribution in [3.05, 3.63) is 59.1 Å². The van der Waals surface area contributed by atoms with Crippen LogP contribution < -0.4 is 0 Å². The maximum Gasteiger partial charge on any atom is 0.228 e. The topological polar surface area (TPSA) is 40.9 Å². The number of thiazole rings is 1. The van der Waals surface area contributed by atoms with Crippen LogP contribution in [-0.2, 0) is 17.8 Å². The van der Waals surface area contributed by atoms with E-state index in [9.17, 15) is 9.18 Å². The molecular weight excluding hydrogens is 363 g/mol. The van der Waals surface area contributed by atoms with Gasteiger partial charge in [0.25, 0.3) is 0 Å². The lowest BCUT2D eigenvalue weighted by atomic mass is 10.0. The van der Waals surface area contributed by atoms with Crippen molar-refractivity contribution in [3.8, 4) is 0 Å². The number of aromatic nitrogens is 2. The van der Waals surface area contributed by atoms with Crippen molar-refractivity contribution in [3.63, 3.8) is 0 Å². The Labute approximate surface area is 162 Å². The van der Waals surface area contributed by atoms with Gasteiger partial charge in [-0.05, 0) is 25.5 Å². The number of fused-ring (bicyclic) bond motifs is 1. The van der Waals surface area contributed by atoms with Crippen molar-refractivity contribution >= 4 is 22.2 Å². The molecule has 1 aliphatic heterocycles. The average molecular weight is 386 g/mol. The largest absolute Gasteiger partial charge is 0.341 e. The molecule has 4 rings (SSSR count). The molecule has 0 bridgehead atoms. The standard InChI is InChI=1S/C20H23FN4OS/c1-23(19(26)11-16-13-25-9-10-27-20(25)22-16)17-6-4-8-24(14-17)12-15-5-2-3-7-18(15)21/h2-3,5,7,9-10,13,17H,4,6,8,11-12,14H2,1H3. The number of hydrogen-bond donors (Lipinski definition) is 0. The number of amides is 1. The van der Waals surface area contributed by atoms with Gasteiger partial charge in [0.15, 0.2) is 4.96 Å². The van der Waals surface area contributed by atoms with Gasteiger partial charge in [0.1, 0.15) is 5.82 Å². The van der Waals surface area contributed by atoms with Gasteiger partial charge in [0.05, 0.1) is 12.1 Å². The third-order valence-corrected chi connectivity index (χ3v) is 6.02. The van der Waals surface area contributed by atoms with Crippen molar-refractivity contribution in [1.82, 2.24) is 19.2 Å². The Morgan fingerprint density at radius 3 is 3.07 bits per heavy atom. The van der Waals surface area contributed by atoms with Crippen LogP contribution in [0.25, 0.3) is 4.96 Å². The lowest BCUT2D eigenvalue weighted by Gasteiger charge is -2.37. The molecule has 1 aromatic carbocycles. The minimum absolute atomic E-state index is 0.0819. The number of nitrogens with zero attached hydrogens (tertiary/aromatic N) is 4. The highest BCUT2D eigenvalue weighted by atomic mass is 32.1. The van der Waals surface area contributed by atoms with E-state index in [1.807, 2.05) is 46.3 Å². The number of likely N-dealkylation sites (N-methyl/N-ethyl adjacent to an activating group) is 1. The van der Waals surface area contributed by atoms with Gasteiger partial charge in [-0.3, -0.25) is 14.1 Å². The summed E-state index contributed by atoms with van der Waals surface area (Å²) in [6.07, 6.45) is 6.18. The molecule has 142 valence electrons. The average Bonchev–Trinajstić information content (AvgIpc) is 3.25. The van der Waals surface area contributed by atoms with E-state index in [0.29, 0.717) is 18.5 Å². The summed E-state index contributed by atoms with van der Waals surface area (Å²) in [5.74, 6) is -0.0812. The molecule has 2 aromatic heterocycles. The number of likely N-dealkylation sites (tertiary alicyclic amines) is 1. The second-order valence-corrected chi connectivity index (χ2v) is 8.00. The van der Waals surface area contributed by atoms with Crippen molar-refractivity contribution in [2.75, 3.05) is 20.1 Å². The summed E-state index contributed by atoms with van der Waals surface area (Å²) in [5, 5.41) is 1.98. The van der Waals surface area contributed by atoms with Crippen LogP contribution in [0.2, 0.25) is 0 Å². The van der Waals surface area contributed by atoms with Gasteiger partial charge in [0, 0.05) is 49.5 Å². The first-order valence-corrected chi connectivity index (χ1v) is 10.1. The van der Waals surface area contributed by atoms with E-state index in [4.69, 9.17) is 0 Å². The molecule has 3 aromatic rings. The number of rotatable bonds is 5. The highest BCUT2D eigenvalue weighted by Crippen LogP contribution is 2.19. The lowest BCUT2D eigenvalue weighted by molar-refractivity contribution is -0.132. The summed E-state index contributed by atoms with van der Waals surface area (Å²) >= 11 is 1.56. The lowest BCUT2D eigenvalue weighted by Crippen LogP contribution is -2.48. The summed E-state index contributed by atoms with van der Waals surface area (Å²) in [7, 11) is 1.87. The molecule has 0 spiro atoms. The molecule has 3 heterocycles. The first kappa shape index (κ1) is 18.1. The Balaban J connectivity index is 1.37. The third kappa shape index (κ3) is 4.04. The zero-order valence-electron chi connectivity index (χ0n) is 15.3. The van der Waals surface area contributed by atoms with Crippen LogP contribution in [0.1, 0.15) is 24.1 Å². The van der Waals surface area contributed by atoms with E-state index in [-0.39, 0.29) is 17.8 Å². The minimum atomic E-state index is -0.163. The van der Waals surface area contributed by atoms with Crippen LogP contribution >= 0.6 is 11.3 Å². The van der Waals surface area contributed by atoms with Crippen molar-refractivity contribution in [2.24, 2.45) is 0 Å². The zero-order valence-corrected chi connectivity index (χ0v) is 16.2. The van der Waals surface area contributed by atoms with Gasteiger partial charge >= 0.3 is 0 Å². The number of imidazole rings is 1. The highest BCUT2D eigenvalue weighted by molar-refractivity contribution is 7.15. The molecule has 1 atom stereocenters. The van der Waals surface area contributed by atoms with Gasteiger partial charge < -0.3 is 4.90 Å². The van der Waals surface area contributed by atoms with Crippen LogP contribution in [0.15, 0.2) is 42.0 Å². The molecule has 0 N–H and O–H groups in total. The third-order valence-electron chi connectivity index (χ3n) is 5.25. The van der Waals surface area contributed by atoms with Gasteiger partial charge in [0.2, 0.25) is 5.91 Å². The van der Waals surface area contributed by atoms with Crippen LogP contribution in [0.4, 0.5) is 4.39 Å². The molecule has 27 heavy (non-hydrogen) atoms. The minimum Gasteiger partial charge on any atom is -0.341 e. The van der Waals surface area contributed by atoms with Crippen molar-refractivity contribution in [2.45, 2.75) is 31.8 Å². The second-order valence-electron chi connectivity index (χ2n) is 7.13. The molecule has 1 amide bonds. The number of benzene rings is 1. The maximum atomic E-state index is 13.9. The molecular formula is C20H23FN4OS. The smallest absolute Gasteiger partial charge is 0.228 e. The number of carbonyl (C=O) groups is 1. The fraction of sp³-hybridized carbons (Fsp3) is 0.400. The summed E-state index contributed by atoms with van der Waals surface area (Å²) in [4.78, 5) is 22.2. The highest BCUT2D eigenvalue weighted by Gasteiger charge is 2.27. The van der Waals surface area contributed by atoms with Crippen LogP contribution in [0.3, 0.4) is 0 Å². The van der Waals surface area contributed by atoms with Gasteiger partial charge in [-0.15, -0.1) is 11.3 Å². The van der Waals surface area contributed by atoms with E-state index >= 15 is 0 Å². The Hall–Kier alpha value is -2.25. The normalized spacial score (nSPS) is 18.1. The Kier molecular flexibility index (Phi) is 5.22. The quantitative estimate of drug-likeness (QED) is 0.676. The Bertz CT molecular complexity index is 908. The summed E-state index contributed by atoms with van der Waals surface area (Å²) in [6, 6.07) is 7.07. The first-order valence-electron chi connectivity index (χ1n) is 9.22. The van der Waals surface area contributed by atoms with Gasteiger partial charge in [-0.2, -0.15) is 0 Å². The maximum absolute atomic E-state index is 13.9. The van der Waals surface area contributed by atoms with E-state index < -0.39 is 0 Å². The Morgan fingerprint density at radius 1 is 1.41 bits per heavy atom. The molecule has 1 aliphatic rings. The number of halogens is 1. The molecule has 7 heteroatoms. The molecule has 0 radical (unpaired) electrons. The zero-order chi connectivity index (χ0) is 18.8. The molecule has 1 saturated heterocycles. The predicted molar refractivity (Wildman–Crippen MR) is 104 cm³/mol. The molecule has 1 unspecified atom stereocenters. The van der Waals surface area contributed by atoms with E-state index in [2.05, 4.69) is 9.88 Å². The number of carbonyl (C=O) groups excluding carboxylic acids is 1. The van der Waals surface area contributed by atoms with Crippen molar-refractivity contribution in [1.29, 1.82) is 0 Å². The fourth-order valence-corrected chi connectivity index (χ4v) is 4.42. The monoisotopic (exact) mass is 386 g/mol. The van der Waals surface area contributed by atoms with E-state index in [1.165, 1.54) is 6.07 Å². The SMILES string of the molecule is CN(C(=O)Cc1cn2ccsc2n1)C1CCCN(Cc2ccccc2F)C1. The van der Waals surface area contributed by atoms with Gasteiger partial charge in [-0.25, -0.2) is 9.37 Å². The summed E-state index contributed by atoms with van der Waals surface area (Å²) in [6.45, 7) is 2.29. The van der Waals surface area contributed by atoms with Crippen LogP contribution in [0, 0.1) is 5.82 Å². The summed E-state index contributed by atoms with van der Waals surface area (Å²) < 4.78 is 15.9.